The van der Waals surface area contributed by atoms with Gasteiger partial charge in [0.2, 0.25) is 11.9 Å². The highest BCUT2D eigenvalue weighted by atomic mass is 16.5. The quantitative estimate of drug-likeness (QED) is 0.648. The van der Waals surface area contributed by atoms with Crippen molar-refractivity contribution in [3.8, 4) is 0 Å². The number of carbonyl (C=O) groups excluding carboxylic acids is 1. The number of hydrogen-bond acceptors (Lipinski definition) is 7. The Kier molecular flexibility index (Phi) is 4.00. The maximum atomic E-state index is 11.9. The third-order valence-corrected chi connectivity index (χ3v) is 2.96. The molecule has 1 unspecified atom stereocenters. The number of likely N-dealkylation sites (N-methyl/N-ethyl adjacent to an activating group) is 1. The maximum Gasteiger partial charge on any atom is 0.244 e. The molecule has 2 rings (SSSR count). The van der Waals surface area contributed by atoms with E-state index >= 15 is 0 Å². The lowest BCUT2D eigenvalue weighted by Crippen LogP contribution is -2.53. The number of carbonyl (C=O) groups is 1. The number of nitrogens with zero attached hydrogens (tertiary/aromatic N) is 3. The van der Waals surface area contributed by atoms with Crippen LogP contribution < -0.4 is 21.3 Å². The number of nitrogen functional groups attached to an aromatic ring is 1. The van der Waals surface area contributed by atoms with Crippen molar-refractivity contribution in [3.05, 3.63) is 6.07 Å². The van der Waals surface area contributed by atoms with E-state index in [9.17, 15) is 4.79 Å². The number of amides is 1. The van der Waals surface area contributed by atoms with E-state index in [-0.39, 0.29) is 11.9 Å². The maximum absolute atomic E-state index is 11.9. The second-order valence-corrected chi connectivity index (χ2v) is 4.12. The van der Waals surface area contributed by atoms with Crippen LogP contribution in [0.5, 0.6) is 0 Å². The van der Waals surface area contributed by atoms with Gasteiger partial charge in [0, 0.05) is 26.7 Å². The van der Waals surface area contributed by atoms with Crippen LogP contribution in [0.4, 0.5) is 17.6 Å². The molecule has 1 amide bonds. The van der Waals surface area contributed by atoms with Gasteiger partial charge in [0.15, 0.2) is 0 Å². The summed E-state index contributed by atoms with van der Waals surface area (Å²) in [6.45, 7) is 1.46. The molecule has 1 aromatic heterocycles. The first kappa shape index (κ1) is 13.3. The Balaban J connectivity index is 2.31. The van der Waals surface area contributed by atoms with Crippen LogP contribution in [0.1, 0.15) is 0 Å². The van der Waals surface area contributed by atoms with Crippen molar-refractivity contribution in [2.45, 2.75) is 6.04 Å². The molecule has 1 saturated heterocycles. The number of hydrogen-bond donors (Lipinski definition) is 3. The first-order chi connectivity index (χ1) is 9.15. The fraction of sp³-hybridized carbons (Fsp3) is 0.545. The van der Waals surface area contributed by atoms with Crippen LogP contribution >= 0.6 is 0 Å². The van der Waals surface area contributed by atoms with Gasteiger partial charge >= 0.3 is 0 Å². The van der Waals surface area contributed by atoms with Crippen molar-refractivity contribution in [1.29, 1.82) is 0 Å². The highest BCUT2D eigenvalue weighted by Crippen LogP contribution is 2.21. The minimum atomic E-state index is -0.405. The second-order valence-electron chi connectivity index (χ2n) is 4.12. The molecule has 1 aliphatic rings. The number of anilines is 3. The number of rotatable bonds is 3. The molecule has 1 fully saturated rings. The first-order valence-corrected chi connectivity index (χ1v) is 6.04. The van der Waals surface area contributed by atoms with Crippen molar-refractivity contribution >= 4 is 23.5 Å². The zero-order valence-electron chi connectivity index (χ0n) is 11.0. The van der Waals surface area contributed by atoms with Crippen LogP contribution in [-0.4, -0.2) is 55.8 Å². The molecule has 0 aromatic carbocycles. The summed E-state index contributed by atoms with van der Waals surface area (Å²) in [5.74, 6) is 1.30. The van der Waals surface area contributed by atoms with E-state index in [0.29, 0.717) is 31.4 Å². The number of ether oxygens (including phenoxy) is 1. The van der Waals surface area contributed by atoms with Crippen LogP contribution in [0, 0.1) is 0 Å². The minimum absolute atomic E-state index is 0.108. The highest BCUT2D eigenvalue weighted by molar-refractivity contribution is 5.85. The molecule has 1 aromatic rings. The molecule has 0 saturated carbocycles. The van der Waals surface area contributed by atoms with Crippen molar-refractivity contribution in [3.63, 3.8) is 0 Å². The molecule has 4 N–H and O–H groups in total. The molecule has 0 spiro atoms. The lowest BCUT2D eigenvalue weighted by molar-refractivity contribution is -0.124. The summed E-state index contributed by atoms with van der Waals surface area (Å²) in [5.41, 5.74) is 5.68. The normalized spacial score (nSPS) is 19.1. The van der Waals surface area contributed by atoms with Crippen molar-refractivity contribution < 1.29 is 9.53 Å². The van der Waals surface area contributed by atoms with Crippen LogP contribution in [-0.2, 0) is 9.53 Å². The fourth-order valence-electron chi connectivity index (χ4n) is 1.99. The van der Waals surface area contributed by atoms with E-state index in [1.165, 1.54) is 0 Å². The number of nitrogens with two attached hydrogens (primary N) is 1. The third kappa shape index (κ3) is 2.84. The SMILES string of the molecule is CNC(=O)C1COCCN1c1cc(NC)nc(N)n1. The van der Waals surface area contributed by atoms with Gasteiger partial charge in [-0.25, -0.2) is 0 Å². The third-order valence-electron chi connectivity index (χ3n) is 2.96. The van der Waals surface area contributed by atoms with Gasteiger partial charge in [0.05, 0.1) is 13.2 Å². The van der Waals surface area contributed by atoms with Crippen LogP contribution in [0.2, 0.25) is 0 Å². The molecule has 0 bridgehead atoms. The highest BCUT2D eigenvalue weighted by Gasteiger charge is 2.30. The molecule has 8 nitrogen and oxygen atoms in total. The molecular formula is C11H18N6O2. The molecule has 19 heavy (non-hydrogen) atoms. The molecule has 1 aliphatic heterocycles. The van der Waals surface area contributed by atoms with Gasteiger partial charge in [-0.2, -0.15) is 9.97 Å². The van der Waals surface area contributed by atoms with Gasteiger partial charge in [-0.05, 0) is 0 Å². The average molecular weight is 266 g/mol. The Morgan fingerprint density at radius 1 is 1.53 bits per heavy atom. The largest absolute Gasteiger partial charge is 0.377 e. The fourth-order valence-corrected chi connectivity index (χ4v) is 1.99. The van der Waals surface area contributed by atoms with E-state index in [1.54, 1.807) is 20.2 Å². The standard InChI is InChI=1S/C11H18N6O2/c1-13-8-5-9(16-11(12)15-8)17-3-4-19-6-7(17)10(18)14-2/h5,7H,3-4,6H2,1-2H3,(H,14,18)(H3,12,13,15,16). The van der Waals surface area contributed by atoms with E-state index < -0.39 is 6.04 Å². The Labute approximate surface area is 111 Å². The van der Waals surface area contributed by atoms with Crippen molar-refractivity contribution in [1.82, 2.24) is 15.3 Å². The minimum Gasteiger partial charge on any atom is -0.377 e. The second kappa shape index (κ2) is 5.70. The van der Waals surface area contributed by atoms with Gasteiger partial charge < -0.3 is 26.0 Å². The van der Waals surface area contributed by atoms with Crippen LogP contribution in [0.25, 0.3) is 0 Å². The Hall–Kier alpha value is -2.09. The van der Waals surface area contributed by atoms with Gasteiger partial charge in [-0.3, -0.25) is 4.79 Å². The predicted octanol–water partition coefficient (Wildman–Crippen LogP) is -0.948. The van der Waals surface area contributed by atoms with Gasteiger partial charge in [0.1, 0.15) is 17.7 Å². The summed E-state index contributed by atoms with van der Waals surface area (Å²) < 4.78 is 5.35. The zero-order chi connectivity index (χ0) is 13.8. The van der Waals surface area contributed by atoms with Gasteiger partial charge in [-0.1, -0.05) is 0 Å². The summed E-state index contributed by atoms with van der Waals surface area (Å²) in [6.07, 6.45) is 0. The Morgan fingerprint density at radius 3 is 3.00 bits per heavy atom. The number of morpholine rings is 1. The molecule has 2 heterocycles. The summed E-state index contributed by atoms with van der Waals surface area (Å²) >= 11 is 0. The van der Waals surface area contributed by atoms with E-state index in [0.717, 1.165) is 0 Å². The lowest BCUT2D eigenvalue weighted by atomic mass is 10.2. The summed E-state index contributed by atoms with van der Waals surface area (Å²) in [7, 11) is 3.35. The van der Waals surface area contributed by atoms with Gasteiger partial charge in [-0.15, -0.1) is 0 Å². The Bertz CT molecular complexity index is 466. The van der Waals surface area contributed by atoms with Crippen LogP contribution in [0.3, 0.4) is 0 Å². The summed E-state index contributed by atoms with van der Waals surface area (Å²) in [6, 6.07) is 1.36. The summed E-state index contributed by atoms with van der Waals surface area (Å²) in [5, 5.41) is 5.54. The molecule has 1 atom stereocenters. The molecule has 0 radical (unpaired) electrons. The molecule has 0 aliphatic carbocycles. The Morgan fingerprint density at radius 2 is 2.32 bits per heavy atom. The van der Waals surface area contributed by atoms with E-state index in [1.807, 2.05) is 4.90 Å². The van der Waals surface area contributed by atoms with Crippen LogP contribution in [0.15, 0.2) is 6.07 Å². The predicted molar refractivity (Wildman–Crippen MR) is 72.0 cm³/mol. The van der Waals surface area contributed by atoms with E-state index in [4.69, 9.17) is 10.5 Å². The van der Waals surface area contributed by atoms with Gasteiger partial charge in [0.25, 0.3) is 0 Å². The lowest BCUT2D eigenvalue weighted by Gasteiger charge is -2.35. The van der Waals surface area contributed by atoms with E-state index in [2.05, 4.69) is 20.6 Å². The smallest absolute Gasteiger partial charge is 0.244 e. The molecule has 8 heteroatoms. The topological polar surface area (TPSA) is 105 Å². The average Bonchev–Trinajstić information content (AvgIpc) is 2.45. The summed E-state index contributed by atoms with van der Waals surface area (Å²) in [4.78, 5) is 22.0. The first-order valence-electron chi connectivity index (χ1n) is 6.04. The number of nitrogens with one attached hydrogen (secondary N) is 2. The van der Waals surface area contributed by atoms with Crippen molar-refractivity contribution in [2.24, 2.45) is 0 Å². The van der Waals surface area contributed by atoms with Crippen molar-refractivity contribution in [2.75, 3.05) is 49.8 Å². The monoisotopic (exact) mass is 266 g/mol. The molecule has 104 valence electrons. The zero-order valence-corrected chi connectivity index (χ0v) is 11.0. The number of aromatic nitrogens is 2. The molecular weight excluding hydrogens is 248 g/mol.